The van der Waals surface area contributed by atoms with Crippen LogP contribution in [-0.4, -0.2) is 11.4 Å². The standard InChI is InChI=1S/C2H5N3O/c6-5-2-1-3-4-5/h2-3H,1H2,(H,4,6)/q+1. The smallest absolute Gasteiger partial charge is 0.176 e. The van der Waals surface area contributed by atoms with Crippen LogP contribution in [-0.2, 0) is 0 Å². The second-order valence-corrected chi connectivity index (χ2v) is 1.00. The number of nitroso groups, excluding NO2 is 1. The van der Waals surface area contributed by atoms with Gasteiger partial charge in [0.2, 0.25) is 0 Å². The molecule has 1 fully saturated rings. The Morgan fingerprint density at radius 3 is 2.83 bits per heavy atom. The Hall–Kier alpha value is -0.640. The van der Waals surface area contributed by atoms with Gasteiger partial charge in [0.1, 0.15) is 4.87 Å². The van der Waals surface area contributed by atoms with Crippen LogP contribution in [0.4, 0.5) is 0 Å². The summed E-state index contributed by atoms with van der Waals surface area (Å²) in [5.74, 6) is 0. The topological polar surface area (TPSA) is 44.1 Å². The predicted molar refractivity (Wildman–Crippen MR) is 19.1 cm³/mol. The van der Waals surface area contributed by atoms with E-state index in [1.165, 1.54) is 6.54 Å². The second kappa shape index (κ2) is 1.22. The first kappa shape index (κ1) is 3.55. The number of nitrogens with one attached hydrogen (secondary N) is 2. The summed E-state index contributed by atoms with van der Waals surface area (Å²) >= 11 is 0. The minimum atomic E-state index is 0.615. The van der Waals surface area contributed by atoms with Crippen LogP contribution in [0.3, 0.4) is 0 Å². The highest BCUT2D eigenvalue weighted by molar-refractivity contribution is 4.50. The lowest BCUT2D eigenvalue weighted by atomic mass is 10.7. The zero-order chi connectivity index (χ0) is 4.41. The molecule has 6 heavy (non-hydrogen) atoms. The van der Waals surface area contributed by atoms with Crippen molar-refractivity contribution in [3.05, 3.63) is 11.5 Å². The van der Waals surface area contributed by atoms with Gasteiger partial charge in [0.05, 0.1) is 11.5 Å². The number of hydrogen-bond acceptors (Lipinski definition) is 2. The Balaban J connectivity index is 2.37. The molecule has 0 saturated carbocycles. The number of rotatable bonds is 0. The molecular weight excluding hydrogens is 82.0 g/mol. The first-order valence-corrected chi connectivity index (χ1v) is 1.68. The summed E-state index contributed by atoms with van der Waals surface area (Å²) in [6.45, 7) is 2.07. The molecule has 0 aromatic carbocycles. The van der Waals surface area contributed by atoms with E-state index in [-0.39, 0.29) is 0 Å². The van der Waals surface area contributed by atoms with Gasteiger partial charge in [0, 0.05) is 0 Å². The van der Waals surface area contributed by atoms with E-state index < -0.39 is 0 Å². The van der Waals surface area contributed by atoms with Crippen molar-refractivity contribution in [2.75, 3.05) is 6.54 Å². The third kappa shape index (κ3) is 0.463. The predicted octanol–water partition coefficient (Wildman–Crippen LogP) is -1.05. The van der Waals surface area contributed by atoms with Crippen LogP contribution in [0.1, 0.15) is 0 Å². The molecule has 1 radical (unpaired) electrons. The van der Waals surface area contributed by atoms with Crippen LogP contribution in [0.25, 0.3) is 0 Å². The molecule has 1 aliphatic rings. The molecular formula is C2H5N3O+. The van der Waals surface area contributed by atoms with Crippen LogP contribution in [0, 0.1) is 11.5 Å². The lowest BCUT2D eigenvalue weighted by Gasteiger charge is -1.72. The lowest BCUT2D eigenvalue weighted by Crippen LogP contribution is -2.26. The highest BCUT2D eigenvalue weighted by atomic mass is 16.3. The molecule has 2 N–H and O–H groups in total. The number of nitrogens with zero attached hydrogens (tertiary/aromatic N) is 1. The fourth-order valence-corrected chi connectivity index (χ4v) is 0.298. The quantitative estimate of drug-likeness (QED) is 0.370. The van der Waals surface area contributed by atoms with Gasteiger partial charge in [-0.1, -0.05) is 5.53 Å². The Kier molecular flexibility index (Phi) is 0.719. The van der Waals surface area contributed by atoms with Crippen LogP contribution >= 0.6 is 0 Å². The van der Waals surface area contributed by atoms with E-state index in [0.29, 0.717) is 11.4 Å². The highest BCUT2D eigenvalue weighted by Crippen LogP contribution is 1.76. The number of hydrogen-bond donors (Lipinski definition) is 2. The van der Waals surface area contributed by atoms with Gasteiger partial charge in [-0.15, -0.1) is 0 Å². The average molecular weight is 87.1 g/mol. The summed E-state index contributed by atoms with van der Waals surface area (Å²) in [6, 6.07) is 0. The van der Waals surface area contributed by atoms with E-state index in [2.05, 4.69) is 11.0 Å². The van der Waals surface area contributed by atoms with E-state index in [9.17, 15) is 4.91 Å². The molecule has 0 aliphatic carbocycles. The average Bonchev–Trinajstić information content (AvgIpc) is 1.86. The van der Waals surface area contributed by atoms with Gasteiger partial charge in [0.15, 0.2) is 0 Å². The minimum absolute atomic E-state index is 0.615. The Labute approximate surface area is 35.0 Å². The maximum absolute atomic E-state index is 9.93. The molecule has 33 valence electrons. The molecule has 4 heteroatoms. The zero-order valence-corrected chi connectivity index (χ0v) is 3.14. The molecule has 1 aliphatic heterocycles. The summed E-state index contributed by atoms with van der Waals surface area (Å²) in [6.07, 6.45) is 0. The fraction of sp³-hybridized carbons (Fsp3) is 0.500. The Morgan fingerprint density at radius 1 is 1.83 bits per heavy atom. The fourth-order valence-electron chi connectivity index (χ4n) is 0.298. The van der Waals surface area contributed by atoms with Gasteiger partial charge in [-0.05, 0) is 0 Å². The molecule has 0 bridgehead atoms. The second-order valence-electron chi connectivity index (χ2n) is 1.00. The number of hydrazine groups is 2. The van der Waals surface area contributed by atoms with E-state index in [1.54, 1.807) is 0 Å². The minimum Gasteiger partial charge on any atom is -0.176 e. The maximum Gasteiger partial charge on any atom is 0.319 e. The molecule has 1 heterocycles. The molecule has 0 atom stereocenters. The lowest BCUT2D eigenvalue weighted by molar-refractivity contribution is -0.557. The van der Waals surface area contributed by atoms with Gasteiger partial charge in [0.25, 0.3) is 0 Å². The van der Waals surface area contributed by atoms with Crippen molar-refractivity contribution < 1.29 is 4.87 Å². The third-order valence-electron chi connectivity index (χ3n) is 0.548. The van der Waals surface area contributed by atoms with E-state index in [0.717, 1.165) is 0 Å². The van der Waals surface area contributed by atoms with Gasteiger partial charge in [-0.2, -0.15) is 5.43 Å². The molecule has 0 spiro atoms. The summed E-state index contributed by atoms with van der Waals surface area (Å²) in [5, 5.41) is 0. The van der Waals surface area contributed by atoms with E-state index in [1.807, 2.05) is 0 Å². The Bertz CT molecular complexity index is 63.2. The van der Waals surface area contributed by atoms with Gasteiger partial charge < -0.3 is 0 Å². The molecule has 0 aromatic rings. The Morgan fingerprint density at radius 2 is 2.67 bits per heavy atom. The highest BCUT2D eigenvalue weighted by Gasteiger charge is 2.14. The maximum atomic E-state index is 9.93. The summed E-state index contributed by atoms with van der Waals surface area (Å²) < 4.78 is 0. The van der Waals surface area contributed by atoms with Crippen molar-refractivity contribution in [3.8, 4) is 0 Å². The van der Waals surface area contributed by atoms with Crippen LogP contribution in [0.15, 0.2) is 0 Å². The van der Waals surface area contributed by atoms with Crippen LogP contribution < -0.4 is 11.0 Å². The third-order valence-corrected chi connectivity index (χ3v) is 0.548. The monoisotopic (exact) mass is 87.0 g/mol. The van der Waals surface area contributed by atoms with Crippen molar-refractivity contribution in [3.63, 3.8) is 0 Å². The van der Waals surface area contributed by atoms with E-state index >= 15 is 0 Å². The molecule has 4 nitrogen and oxygen atoms in total. The SMILES string of the molecule is O=[N+]1[CH]CNN1. The molecule has 1 rings (SSSR count). The van der Waals surface area contributed by atoms with Crippen molar-refractivity contribution in [2.24, 2.45) is 0 Å². The summed E-state index contributed by atoms with van der Waals surface area (Å²) in [5.41, 5.74) is 4.87. The van der Waals surface area contributed by atoms with Gasteiger partial charge >= 0.3 is 6.54 Å². The van der Waals surface area contributed by atoms with Crippen molar-refractivity contribution in [2.45, 2.75) is 0 Å². The van der Waals surface area contributed by atoms with Gasteiger partial charge in [-0.3, -0.25) is 0 Å². The summed E-state index contributed by atoms with van der Waals surface area (Å²) in [4.78, 5) is 10.6. The normalized spacial score (nSPS) is 21.0. The van der Waals surface area contributed by atoms with Crippen molar-refractivity contribution in [1.82, 2.24) is 11.0 Å². The van der Waals surface area contributed by atoms with Crippen molar-refractivity contribution >= 4 is 0 Å². The van der Waals surface area contributed by atoms with E-state index in [4.69, 9.17) is 0 Å². The van der Waals surface area contributed by atoms with Gasteiger partial charge in [-0.25, -0.2) is 0 Å². The largest absolute Gasteiger partial charge is 0.319 e. The molecule has 0 amide bonds. The van der Waals surface area contributed by atoms with Crippen molar-refractivity contribution in [1.29, 1.82) is 0 Å². The molecule has 0 unspecified atom stereocenters. The first-order chi connectivity index (χ1) is 2.89. The molecule has 1 saturated heterocycles. The zero-order valence-electron chi connectivity index (χ0n) is 3.14. The molecule has 0 aromatic heterocycles. The first-order valence-electron chi connectivity index (χ1n) is 1.68. The summed E-state index contributed by atoms with van der Waals surface area (Å²) in [7, 11) is 0. The van der Waals surface area contributed by atoms with Crippen LogP contribution in [0.2, 0.25) is 0 Å². The van der Waals surface area contributed by atoms with Crippen LogP contribution in [0.5, 0.6) is 0 Å².